The Bertz CT molecular complexity index is 669. The molecule has 4 heteroatoms. The second kappa shape index (κ2) is 6.21. The average molecular weight is 279 g/mol. The zero-order chi connectivity index (χ0) is 15.4. The average Bonchev–Trinajstić information content (AvgIpc) is 2.53. The van der Waals surface area contributed by atoms with Crippen molar-refractivity contribution in [2.75, 3.05) is 11.9 Å². The van der Waals surface area contributed by atoms with Gasteiger partial charge >= 0.3 is 0 Å². The molecule has 4 nitrogen and oxygen atoms in total. The molecule has 1 atom stereocenters. The van der Waals surface area contributed by atoms with E-state index in [0.29, 0.717) is 11.3 Å². The number of benzene rings is 2. The molecule has 0 radical (unpaired) electrons. The van der Waals surface area contributed by atoms with Crippen molar-refractivity contribution >= 4 is 11.6 Å². The van der Waals surface area contributed by atoms with Crippen LogP contribution in [0.15, 0.2) is 48.5 Å². The minimum absolute atomic E-state index is 0.191. The van der Waals surface area contributed by atoms with E-state index in [9.17, 15) is 4.79 Å². The van der Waals surface area contributed by atoms with Gasteiger partial charge in [-0.2, -0.15) is 5.26 Å². The van der Waals surface area contributed by atoms with E-state index >= 15 is 0 Å². The summed E-state index contributed by atoms with van der Waals surface area (Å²) in [7, 11) is 1.68. The summed E-state index contributed by atoms with van der Waals surface area (Å²) in [4.78, 5) is 13.9. The quantitative estimate of drug-likeness (QED) is 0.938. The summed E-state index contributed by atoms with van der Waals surface area (Å²) in [6.07, 6.45) is 0. The van der Waals surface area contributed by atoms with Crippen LogP contribution < -0.4 is 10.6 Å². The molecule has 0 spiro atoms. The molecule has 0 bridgehead atoms. The molecule has 106 valence electrons. The molecule has 0 saturated carbocycles. The Morgan fingerprint density at radius 2 is 1.71 bits per heavy atom. The number of nitrogens with two attached hydrogens (primary N) is 1. The van der Waals surface area contributed by atoms with Crippen LogP contribution in [0, 0.1) is 18.3 Å². The van der Waals surface area contributed by atoms with Gasteiger partial charge in [-0.1, -0.05) is 29.8 Å². The lowest BCUT2D eigenvalue weighted by Crippen LogP contribution is -2.35. The summed E-state index contributed by atoms with van der Waals surface area (Å²) in [6, 6.07) is 15.8. The standard InChI is InChI=1S/C17H17N3O/c1-12-3-7-14(8-4-12)16(19)17(21)20(2)15-9-5-13(11-18)6-10-15/h3-10,16H,19H2,1-2H3. The van der Waals surface area contributed by atoms with Crippen LogP contribution in [-0.4, -0.2) is 13.0 Å². The molecular weight excluding hydrogens is 262 g/mol. The molecule has 1 amide bonds. The zero-order valence-corrected chi connectivity index (χ0v) is 12.1. The Morgan fingerprint density at radius 1 is 1.14 bits per heavy atom. The lowest BCUT2D eigenvalue weighted by atomic mass is 10.0. The van der Waals surface area contributed by atoms with Crippen LogP contribution in [0.2, 0.25) is 0 Å². The van der Waals surface area contributed by atoms with Crippen molar-refractivity contribution in [1.29, 1.82) is 5.26 Å². The lowest BCUT2D eigenvalue weighted by Gasteiger charge is -2.21. The first-order chi connectivity index (χ1) is 10.0. The predicted octanol–water partition coefficient (Wildman–Crippen LogP) is 2.53. The van der Waals surface area contributed by atoms with Gasteiger partial charge in [0.1, 0.15) is 6.04 Å². The molecule has 0 aromatic heterocycles. The summed E-state index contributed by atoms with van der Waals surface area (Å²) in [5.41, 5.74) is 9.21. The number of amides is 1. The number of rotatable bonds is 3. The number of likely N-dealkylation sites (N-methyl/N-ethyl adjacent to an activating group) is 1. The molecule has 0 heterocycles. The fourth-order valence-electron chi connectivity index (χ4n) is 2.01. The van der Waals surface area contributed by atoms with E-state index in [-0.39, 0.29) is 5.91 Å². The largest absolute Gasteiger partial charge is 0.316 e. The number of anilines is 1. The summed E-state index contributed by atoms with van der Waals surface area (Å²) in [5.74, 6) is -0.191. The number of carbonyl (C=O) groups is 1. The van der Waals surface area contributed by atoms with Crippen LogP contribution in [0.5, 0.6) is 0 Å². The van der Waals surface area contributed by atoms with Crippen molar-refractivity contribution in [3.05, 3.63) is 65.2 Å². The molecule has 0 aliphatic rings. The summed E-state index contributed by atoms with van der Waals surface area (Å²) < 4.78 is 0. The lowest BCUT2D eigenvalue weighted by molar-refractivity contribution is -0.119. The molecule has 2 rings (SSSR count). The fourth-order valence-corrected chi connectivity index (χ4v) is 2.01. The number of hydrogen-bond acceptors (Lipinski definition) is 3. The molecule has 2 aromatic carbocycles. The molecule has 2 aromatic rings. The second-order valence-electron chi connectivity index (χ2n) is 4.94. The van der Waals surface area contributed by atoms with E-state index in [4.69, 9.17) is 11.0 Å². The van der Waals surface area contributed by atoms with Gasteiger partial charge in [0.25, 0.3) is 0 Å². The first-order valence-electron chi connectivity index (χ1n) is 6.63. The first kappa shape index (κ1) is 14.8. The number of nitriles is 1. The maximum atomic E-state index is 12.4. The summed E-state index contributed by atoms with van der Waals surface area (Å²) >= 11 is 0. The third kappa shape index (κ3) is 3.28. The van der Waals surface area contributed by atoms with Gasteiger partial charge in [-0.05, 0) is 36.8 Å². The topological polar surface area (TPSA) is 70.1 Å². The minimum atomic E-state index is -0.703. The van der Waals surface area contributed by atoms with Gasteiger partial charge in [0, 0.05) is 12.7 Å². The minimum Gasteiger partial charge on any atom is -0.316 e. The van der Waals surface area contributed by atoms with Crippen LogP contribution in [0.25, 0.3) is 0 Å². The first-order valence-corrected chi connectivity index (χ1v) is 6.63. The number of nitrogens with zero attached hydrogens (tertiary/aromatic N) is 2. The van der Waals surface area contributed by atoms with Gasteiger partial charge in [0.2, 0.25) is 5.91 Å². The molecule has 0 saturated heterocycles. The summed E-state index contributed by atoms with van der Waals surface area (Å²) in [6.45, 7) is 1.99. The Balaban J connectivity index is 2.17. The number of aryl methyl sites for hydroxylation is 1. The predicted molar refractivity (Wildman–Crippen MR) is 82.7 cm³/mol. The molecule has 21 heavy (non-hydrogen) atoms. The summed E-state index contributed by atoms with van der Waals surface area (Å²) in [5, 5.41) is 8.79. The van der Waals surface area contributed by atoms with Crippen molar-refractivity contribution in [2.45, 2.75) is 13.0 Å². The third-order valence-corrected chi connectivity index (χ3v) is 3.42. The second-order valence-corrected chi connectivity index (χ2v) is 4.94. The molecule has 0 fully saturated rings. The number of hydrogen-bond donors (Lipinski definition) is 1. The smallest absolute Gasteiger partial charge is 0.248 e. The van der Waals surface area contributed by atoms with E-state index in [1.54, 1.807) is 31.3 Å². The zero-order valence-electron chi connectivity index (χ0n) is 12.1. The van der Waals surface area contributed by atoms with Crippen LogP contribution in [0.4, 0.5) is 5.69 Å². The Hall–Kier alpha value is -2.64. The van der Waals surface area contributed by atoms with Gasteiger partial charge < -0.3 is 10.6 Å². The molecule has 2 N–H and O–H groups in total. The Labute approximate surface area is 124 Å². The van der Waals surface area contributed by atoms with Crippen molar-refractivity contribution in [3.8, 4) is 6.07 Å². The monoisotopic (exact) mass is 279 g/mol. The highest BCUT2D eigenvalue weighted by atomic mass is 16.2. The molecule has 0 aliphatic carbocycles. The van der Waals surface area contributed by atoms with Gasteiger partial charge in [-0.3, -0.25) is 4.79 Å². The van der Waals surface area contributed by atoms with Crippen molar-refractivity contribution in [1.82, 2.24) is 0 Å². The number of carbonyl (C=O) groups excluding carboxylic acids is 1. The van der Waals surface area contributed by atoms with Crippen LogP contribution in [0.3, 0.4) is 0 Å². The van der Waals surface area contributed by atoms with E-state index in [2.05, 4.69) is 0 Å². The maximum absolute atomic E-state index is 12.4. The van der Waals surface area contributed by atoms with Crippen molar-refractivity contribution < 1.29 is 4.79 Å². The van der Waals surface area contributed by atoms with Gasteiger partial charge in [-0.25, -0.2) is 0 Å². The highest BCUT2D eigenvalue weighted by molar-refractivity contribution is 5.97. The van der Waals surface area contributed by atoms with E-state index in [0.717, 1.165) is 11.1 Å². The maximum Gasteiger partial charge on any atom is 0.248 e. The fraction of sp³-hybridized carbons (Fsp3) is 0.176. The van der Waals surface area contributed by atoms with Crippen LogP contribution in [0.1, 0.15) is 22.7 Å². The molecule has 0 aliphatic heterocycles. The van der Waals surface area contributed by atoms with Crippen LogP contribution in [-0.2, 0) is 4.79 Å². The normalized spacial score (nSPS) is 11.5. The van der Waals surface area contributed by atoms with E-state index in [1.807, 2.05) is 37.3 Å². The van der Waals surface area contributed by atoms with E-state index in [1.165, 1.54) is 4.90 Å². The van der Waals surface area contributed by atoms with Gasteiger partial charge in [0.15, 0.2) is 0 Å². The highest BCUT2D eigenvalue weighted by Gasteiger charge is 2.20. The SMILES string of the molecule is Cc1ccc(C(N)C(=O)N(C)c2ccc(C#N)cc2)cc1. The molecule has 1 unspecified atom stereocenters. The van der Waals surface area contributed by atoms with Crippen molar-refractivity contribution in [3.63, 3.8) is 0 Å². The van der Waals surface area contributed by atoms with Gasteiger partial charge in [-0.15, -0.1) is 0 Å². The highest BCUT2D eigenvalue weighted by Crippen LogP contribution is 2.19. The Morgan fingerprint density at radius 3 is 2.24 bits per heavy atom. The van der Waals surface area contributed by atoms with E-state index < -0.39 is 6.04 Å². The van der Waals surface area contributed by atoms with Gasteiger partial charge in [0.05, 0.1) is 11.6 Å². The molecular formula is C17H17N3O. The van der Waals surface area contributed by atoms with Crippen LogP contribution >= 0.6 is 0 Å². The van der Waals surface area contributed by atoms with Crippen molar-refractivity contribution in [2.24, 2.45) is 5.73 Å². The third-order valence-electron chi connectivity index (χ3n) is 3.42. The Kier molecular flexibility index (Phi) is 4.36.